The Bertz CT molecular complexity index is 737. The number of carbonyl (C=O) groups excluding carboxylic acids is 3. The first kappa shape index (κ1) is 17.9. The number of aliphatic hydroxyl groups is 1. The number of Topliss-reactive ketones (excluding diaryl/α,β-unsaturated/α-hetero) is 2. The summed E-state index contributed by atoms with van der Waals surface area (Å²) in [6, 6.07) is 0. The van der Waals surface area contributed by atoms with Crippen LogP contribution in [0.25, 0.3) is 0 Å². The number of carbonyl (C=O) groups is 3. The quantitative estimate of drug-likeness (QED) is 0.766. The Labute approximate surface area is 154 Å². The number of hydrogen-bond donors (Lipinski definition) is 1. The van der Waals surface area contributed by atoms with E-state index < -0.39 is 5.60 Å². The van der Waals surface area contributed by atoms with Gasteiger partial charge in [-0.2, -0.15) is 0 Å². The van der Waals surface area contributed by atoms with Gasteiger partial charge in [0.25, 0.3) is 0 Å². The number of ketones is 2. The number of fused-ring (bicyclic) bond motifs is 2. The molecule has 0 amide bonds. The van der Waals surface area contributed by atoms with Gasteiger partial charge >= 0.3 is 5.97 Å². The van der Waals surface area contributed by atoms with Crippen LogP contribution in [0.2, 0.25) is 0 Å². The van der Waals surface area contributed by atoms with Crippen LogP contribution < -0.4 is 0 Å². The van der Waals surface area contributed by atoms with Gasteiger partial charge in [-0.25, -0.2) is 0 Å². The van der Waals surface area contributed by atoms with Crippen LogP contribution in [0.4, 0.5) is 0 Å². The summed E-state index contributed by atoms with van der Waals surface area (Å²) < 4.78 is 5.16. The Balaban J connectivity index is 1.72. The van der Waals surface area contributed by atoms with Gasteiger partial charge in [-0.05, 0) is 61.9 Å². The van der Waals surface area contributed by atoms with Gasteiger partial charge in [-0.1, -0.05) is 6.92 Å². The Kier molecular flexibility index (Phi) is 3.79. The van der Waals surface area contributed by atoms with Crippen molar-refractivity contribution in [3.05, 3.63) is 11.1 Å². The molecule has 0 aromatic heterocycles. The monoisotopic (exact) mass is 360 g/mol. The highest BCUT2D eigenvalue weighted by atomic mass is 16.5. The molecular weight excluding hydrogens is 332 g/mol. The summed E-state index contributed by atoms with van der Waals surface area (Å²) in [5.41, 5.74) is 0.155. The average Bonchev–Trinajstić information content (AvgIpc) is 2.91. The van der Waals surface area contributed by atoms with E-state index >= 15 is 0 Å². The first-order valence-electron chi connectivity index (χ1n) is 9.76. The molecule has 0 unspecified atom stereocenters. The summed E-state index contributed by atoms with van der Waals surface area (Å²) >= 11 is 0. The van der Waals surface area contributed by atoms with E-state index in [2.05, 4.69) is 6.92 Å². The van der Waals surface area contributed by atoms with E-state index in [0.29, 0.717) is 24.8 Å². The van der Waals surface area contributed by atoms with Crippen LogP contribution >= 0.6 is 0 Å². The molecule has 1 spiro atoms. The molecule has 0 aliphatic heterocycles. The zero-order valence-electron chi connectivity index (χ0n) is 15.9. The summed E-state index contributed by atoms with van der Waals surface area (Å²) in [6.07, 6.45) is 4.79. The van der Waals surface area contributed by atoms with Gasteiger partial charge in [0, 0.05) is 30.8 Å². The van der Waals surface area contributed by atoms with Gasteiger partial charge in [0.15, 0.2) is 11.6 Å². The zero-order valence-corrected chi connectivity index (χ0v) is 15.9. The van der Waals surface area contributed by atoms with E-state index in [1.807, 2.05) is 6.92 Å². The van der Waals surface area contributed by atoms with Gasteiger partial charge < -0.3 is 9.84 Å². The van der Waals surface area contributed by atoms with Crippen LogP contribution in [-0.4, -0.2) is 34.9 Å². The molecule has 3 saturated carbocycles. The van der Waals surface area contributed by atoms with Crippen molar-refractivity contribution in [2.24, 2.45) is 22.7 Å². The van der Waals surface area contributed by atoms with Crippen molar-refractivity contribution in [3.8, 4) is 0 Å². The minimum Gasteiger partial charge on any atom is -0.463 e. The van der Waals surface area contributed by atoms with Crippen LogP contribution in [-0.2, 0) is 19.1 Å². The third kappa shape index (κ3) is 2.16. The van der Waals surface area contributed by atoms with E-state index in [-0.39, 0.29) is 46.8 Å². The highest BCUT2D eigenvalue weighted by Crippen LogP contribution is 2.72. The minimum atomic E-state index is -0.989. The molecule has 5 heteroatoms. The largest absolute Gasteiger partial charge is 0.463 e. The van der Waals surface area contributed by atoms with Crippen LogP contribution in [0.3, 0.4) is 0 Å². The molecule has 0 heterocycles. The lowest BCUT2D eigenvalue weighted by Gasteiger charge is -2.58. The van der Waals surface area contributed by atoms with Crippen molar-refractivity contribution in [2.75, 3.05) is 6.61 Å². The van der Waals surface area contributed by atoms with E-state index in [0.717, 1.165) is 31.3 Å². The van der Waals surface area contributed by atoms with Crippen LogP contribution in [0, 0.1) is 22.7 Å². The molecule has 0 aromatic rings. The average molecular weight is 360 g/mol. The molecule has 2 bridgehead atoms. The van der Waals surface area contributed by atoms with Crippen molar-refractivity contribution < 1.29 is 24.2 Å². The summed E-state index contributed by atoms with van der Waals surface area (Å²) in [6.45, 7) is 5.40. The first-order valence-corrected chi connectivity index (χ1v) is 9.76. The van der Waals surface area contributed by atoms with Crippen molar-refractivity contribution in [2.45, 2.75) is 71.3 Å². The van der Waals surface area contributed by atoms with Crippen LogP contribution in [0.1, 0.15) is 65.7 Å². The second kappa shape index (κ2) is 5.51. The number of esters is 1. The standard InChI is InChI=1S/C21H28O5/c1-12-16(23)4-5-19(3)18(12)17(24)9-14-8-15-10-20(14,19)6-7-21(15,25)11-26-13(2)22/h14-15,25H,4-11H2,1-3H3/t14-,15-,19+,20+,21+/m1/s1. The van der Waals surface area contributed by atoms with E-state index in [1.165, 1.54) is 6.92 Å². The molecule has 3 fully saturated rings. The molecule has 0 aromatic carbocycles. The van der Waals surface area contributed by atoms with Crippen molar-refractivity contribution >= 4 is 17.5 Å². The highest BCUT2D eigenvalue weighted by Gasteiger charge is 2.68. The first-order chi connectivity index (χ1) is 12.1. The molecule has 4 rings (SSSR count). The highest BCUT2D eigenvalue weighted by molar-refractivity contribution is 6.09. The molecule has 26 heavy (non-hydrogen) atoms. The van der Waals surface area contributed by atoms with Gasteiger partial charge in [0.2, 0.25) is 0 Å². The fourth-order valence-corrected chi connectivity index (χ4v) is 6.83. The maximum absolute atomic E-state index is 13.0. The fourth-order valence-electron chi connectivity index (χ4n) is 6.83. The molecule has 5 atom stereocenters. The Morgan fingerprint density at radius 2 is 1.92 bits per heavy atom. The third-order valence-corrected chi connectivity index (χ3v) is 8.26. The predicted molar refractivity (Wildman–Crippen MR) is 94.1 cm³/mol. The molecule has 0 radical (unpaired) electrons. The molecule has 4 aliphatic carbocycles. The lowest BCUT2D eigenvalue weighted by Crippen LogP contribution is -2.55. The number of ether oxygens (including phenoxy) is 1. The summed E-state index contributed by atoms with van der Waals surface area (Å²) in [4.78, 5) is 36.4. The molecular formula is C21H28O5. The topological polar surface area (TPSA) is 80.7 Å². The number of allylic oxidation sites excluding steroid dienone is 2. The maximum Gasteiger partial charge on any atom is 0.302 e. The fraction of sp³-hybridized carbons (Fsp3) is 0.762. The van der Waals surface area contributed by atoms with Gasteiger partial charge in [-0.3, -0.25) is 14.4 Å². The summed E-state index contributed by atoms with van der Waals surface area (Å²) in [7, 11) is 0. The molecule has 142 valence electrons. The van der Waals surface area contributed by atoms with Gasteiger partial charge in [0.05, 0.1) is 0 Å². The lowest BCUT2D eigenvalue weighted by molar-refractivity contribution is -0.161. The summed E-state index contributed by atoms with van der Waals surface area (Å²) in [5.74, 6) is 0.161. The van der Waals surface area contributed by atoms with Gasteiger partial charge in [0.1, 0.15) is 12.2 Å². The smallest absolute Gasteiger partial charge is 0.302 e. The number of hydrogen-bond acceptors (Lipinski definition) is 5. The Hall–Kier alpha value is -1.49. The zero-order chi connectivity index (χ0) is 18.9. The normalized spacial score (nSPS) is 44.6. The van der Waals surface area contributed by atoms with Crippen LogP contribution in [0.5, 0.6) is 0 Å². The SMILES string of the molecule is CC(=O)OC[C@@]1(O)CC[C@]23C[C@H]1C[C@@H]2CC(=O)C1=C(C)C(=O)CC[C@@]13C. The van der Waals surface area contributed by atoms with Crippen molar-refractivity contribution in [1.29, 1.82) is 0 Å². The van der Waals surface area contributed by atoms with E-state index in [9.17, 15) is 19.5 Å². The second-order valence-electron chi connectivity index (χ2n) is 9.26. The Morgan fingerprint density at radius 1 is 1.19 bits per heavy atom. The Morgan fingerprint density at radius 3 is 2.62 bits per heavy atom. The third-order valence-electron chi connectivity index (χ3n) is 8.26. The molecule has 4 aliphatic rings. The second-order valence-corrected chi connectivity index (χ2v) is 9.26. The van der Waals surface area contributed by atoms with E-state index in [4.69, 9.17) is 4.74 Å². The maximum atomic E-state index is 13.0. The molecule has 0 saturated heterocycles. The molecule has 1 N–H and O–H groups in total. The summed E-state index contributed by atoms with van der Waals surface area (Å²) in [5, 5.41) is 11.2. The van der Waals surface area contributed by atoms with Crippen molar-refractivity contribution in [1.82, 2.24) is 0 Å². The van der Waals surface area contributed by atoms with Crippen molar-refractivity contribution in [3.63, 3.8) is 0 Å². The van der Waals surface area contributed by atoms with E-state index in [1.54, 1.807) is 0 Å². The van der Waals surface area contributed by atoms with Gasteiger partial charge in [-0.15, -0.1) is 0 Å². The predicted octanol–water partition coefficient (Wildman–Crippen LogP) is 2.75. The number of rotatable bonds is 2. The molecule has 5 nitrogen and oxygen atoms in total. The van der Waals surface area contributed by atoms with Crippen LogP contribution in [0.15, 0.2) is 11.1 Å². The minimum absolute atomic E-state index is 0.0225. The lowest BCUT2D eigenvalue weighted by atomic mass is 9.45.